The van der Waals surface area contributed by atoms with Gasteiger partial charge >= 0.3 is 6.18 Å². The van der Waals surface area contributed by atoms with Gasteiger partial charge in [-0.05, 0) is 31.0 Å². The first kappa shape index (κ1) is 20.1. The Hall–Kier alpha value is -2.62. The van der Waals surface area contributed by atoms with Crippen LogP contribution in [0.15, 0.2) is 41.4 Å². The zero-order chi connectivity index (χ0) is 20.5. The van der Waals surface area contributed by atoms with E-state index in [-0.39, 0.29) is 10.7 Å². The van der Waals surface area contributed by atoms with Gasteiger partial charge in [0.1, 0.15) is 17.2 Å². The van der Waals surface area contributed by atoms with E-state index in [0.29, 0.717) is 17.7 Å². The van der Waals surface area contributed by atoms with Crippen molar-refractivity contribution in [1.82, 2.24) is 15.1 Å². The van der Waals surface area contributed by atoms with Gasteiger partial charge in [-0.15, -0.1) is 0 Å². The molecule has 0 bridgehead atoms. The molecule has 148 valence electrons. The number of nitrogens with zero attached hydrogens (tertiary/aromatic N) is 2. The molecule has 0 saturated heterocycles. The number of carbonyl (C=O) groups is 1. The fourth-order valence-corrected chi connectivity index (χ4v) is 3.67. The van der Waals surface area contributed by atoms with E-state index >= 15 is 0 Å². The molecule has 0 aliphatic carbocycles. The van der Waals surface area contributed by atoms with Crippen molar-refractivity contribution >= 4 is 22.6 Å². The molecule has 3 rings (SSSR count). The molecule has 0 saturated carbocycles. The van der Waals surface area contributed by atoms with E-state index in [4.69, 9.17) is 0 Å². The monoisotopic (exact) mass is 415 g/mol. The van der Waals surface area contributed by atoms with E-state index in [1.165, 1.54) is 7.05 Å². The first-order valence-corrected chi connectivity index (χ1v) is 8.93. The van der Waals surface area contributed by atoms with Crippen LogP contribution in [0.5, 0.6) is 0 Å². The number of aromatic nitrogens is 2. The predicted molar refractivity (Wildman–Crippen MR) is 94.9 cm³/mol. The van der Waals surface area contributed by atoms with Crippen molar-refractivity contribution < 1.29 is 26.7 Å². The molecule has 1 aromatic heterocycles. The molecule has 0 radical (unpaired) electrons. The molecule has 0 unspecified atom stereocenters. The maximum absolute atomic E-state index is 13.8. The van der Waals surface area contributed by atoms with E-state index in [1.807, 2.05) is 0 Å². The summed E-state index contributed by atoms with van der Waals surface area (Å²) in [5, 5.41) is 6.17. The Kier molecular flexibility index (Phi) is 5.59. The average molecular weight is 415 g/mol. The molecule has 4 nitrogen and oxygen atoms in total. The van der Waals surface area contributed by atoms with Crippen molar-refractivity contribution in [2.75, 3.05) is 0 Å². The first-order chi connectivity index (χ1) is 13.2. The Bertz CT molecular complexity index is 958. The molecule has 1 aliphatic heterocycles. The summed E-state index contributed by atoms with van der Waals surface area (Å²) in [7, 11) is 1.38. The summed E-state index contributed by atoms with van der Waals surface area (Å²) in [6, 6.07) is 3.99. The number of alkyl halides is 3. The fraction of sp³-hybridized carbons (Fsp3) is 0.222. The minimum Gasteiger partial charge on any atom is -0.316 e. The van der Waals surface area contributed by atoms with Crippen LogP contribution >= 0.6 is 11.8 Å². The van der Waals surface area contributed by atoms with Gasteiger partial charge in [0, 0.05) is 12.0 Å². The lowest BCUT2D eigenvalue weighted by Gasteiger charge is -2.12. The number of allylic oxidation sites excluding steroid dienone is 2. The molecule has 2 aromatic rings. The maximum atomic E-state index is 13.8. The van der Waals surface area contributed by atoms with Crippen LogP contribution in [-0.4, -0.2) is 15.7 Å². The van der Waals surface area contributed by atoms with Gasteiger partial charge in [0.2, 0.25) is 0 Å². The number of amides is 1. The second-order valence-electron chi connectivity index (χ2n) is 5.90. The number of halogens is 5. The second kappa shape index (κ2) is 7.78. The molecule has 2 heterocycles. The Morgan fingerprint density at radius 2 is 1.82 bits per heavy atom. The summed E-state index contributed by atoms with van der Waals surface area (Å²) in [5.74, 6) is -2.99. The van der Waals surface area contributed by atoms with Crippen LogP contribution in [0.2, 0.25) is 0 Å². The molecule has 1 amide bonds. The molecular weight excluding hydrogens is 401 g/mol. The van der Waals surface area contributed by atoms with E-state index in [2.05, 4.69) is 10.4 Å². The van der Waals surface area contributed by atoms with Crippen molar-refractivity contribution in [2.24, 2.45) is 7.05 Å². The van der Waals surface area contributed by atoms with Gasteiger partial charge in [0.25, 0.3) is 5.91 Å². The van der Waals surface area contributed by atoms with Gasteiger partial charge in [-0.2, -0.15) is 18.3 Å². The standard InChI is InChI=1S/C18H14F5N3OS/c1-26-12(9-14(25-26)18(21,22)23)13-7-2-3-8-15(28-13)24-17(27)16-10(19)5-4-6-11(16)20/h4-9H,2-3H2,1H3,(H,24,27). The van der Waals surface area contributed by atoms with E-state index in [0.717, 1.165) is 40.7 Å². The topological polar surface area (TPSA) is 46.9 Å². The van der Waals surface area contributed by atoms with Crippen LogP contribution in [0.3, 0.4) is 0 Å². The third-order valence-corrected chi connectivity index (χ3v) is 4.98. The number of rotatable bonds is 3. The van der Waals surface area contributed by atoms with Crippen LogP contribution in [-0.2, 0) is 13.2 Å². The van der Waals surface area contributed by atoms with Crippen molar-refractivity contribution in [3.05, 3.63) is 70.0 Å². The van der Waals surface area contributed by atoms with E-state index < -0.39 is 35.0 Å². The third kappa shape index (κ3) is 4.27. The number of thioether (sulfide) groups is 1. The molecule has 10 heteroatoms. The quantitative estimate of drug-likeness (QED) is 0.729. The van der Waals surface area contributed by atoms with Crippen LogP contribution < -0.4 is 5.32 Å². The third-order valence-electron chi connectivity index (χ3n) is 3.90. The second-order valence-corrected chi connectivity index (χ2v) is 6.99. The lowest BCUT2D eigenvalue weighted by atomic mass is 10.2. The van der Waals surface area contributed by atoms with Crippen LogP contribution in [0.4, 0.5) is 22.0 Å². The largest absolute Gasteiger partial charge is 0.435 e. The number of carbonyl (C=O) groups excluding carboxylic acids is 1. The molecule has 1 aliphatic rings. The summed E-state index contributed by atoms with van der Waals surface area (Å²) in [5.41, 5.74) is -1.53. The number of nitrogens with one attached hydrogen (secondary N) is 1. The minimum atomic E-state index is -4.58. The molecular formula is C18H14F5N3OS. The Morgan fingerprint density at radius 3 is 2.43 bits per heavy atom. The molecule has 0 fully saturated rings. The van der Waals surface area contributed by atoms with Gasteiger partial charge in [-0.1, -0.05) is 30.0 Å². The van der Waals surface area contributed by atoms with E-state index in [9.17, 15) is 26.7 Å². The lowest BCUT2D eigenvalue weighted by molar-refractivity contribution is -0.141. The van der Waals surface area contributed by atoms with Crippen molar-refractivity contribution in [1.29, 1.82) is 0 Å². The van der Waals surface area contributed by atoms with Gasteiger partial charge in [0.05, 0.1) is 10.7 Å². The number of hydrogen-bond donors (Lipinski definition) is 1. The highest BCUT2D eigenvalue weighted by Gasteiger charge is 2.35. The fourth-order valence-electron chi connectivity index (χ4n) is 2.59. The van der Waals surface area contributed by atoms with Crippen molar-refractivity contribution in [3.8, 4) is 0 Å². The maximum Gasteiger partial charge on any atom is 0.435 e. The van der Waals surface area contributed by atoms with Crippen LogP contribution in [0.1, 0.15) is 34.6 Å². The molecule has 1 aromatic carbocycles. The highest BCUT2D eigenvalue weighted by atomic mass is 32.2. The number of aryl methyl sites for hydroxylation is 1. The molecule has 0 spiro atoms. The molecule has 0 atom stereocenters. The predicted octanol–water partition coefficient (Wildman–Crippen LogP) is 4.86. The summed E-state index contributed by atoms with van der Waals surface area (Å²) >= 11 is 0.995. The Balaban J connectivity index is 1.83. The van der Waals surface area contributed by atoms with Crippen molar-refractivity contribution in [3.63, 3.8) is 0 Å². The zero-order valence-electron chi connectivity index (χ0n) is 14.5. The van der Waals surface area contributed by atoms with Crippen LogP contribution in [0.25, 0.3) is 4.91 Å². The molecule has 28 heavy (non-hydrogen) atoms. The number of hydrogen-bond acceptors (Lipinski definition) is 3. The first-order valence-electron chi connectivity index (χ1n) is 8.12. The minimum absolute atomic E-state index is 0.219. The van der Waals surface area contributed by atoms with Gasteiger partial charge in [-0.3, -0.25) is 9.48 Å². The smallest absolute Gasteiger partial charge is 0.316 e. The number of benzene rings is 1. The van der Waals surface area contributed by atoms with Crippen LogP contribution in [0, 0.1) is 11.6 Å². The summed E-state index contributed by atoms with van der Waals surface area (Å²) in [6.07, 6.45) is -0.202. The Morgan fingerprint density at radius 1 is 1.18 bits per heavy atom. The summed E-state index contributed by atoms with van der Waals surface area (Å²) in [6.45, 7) is 0. The highest BCUT2D eigenvalue weighted by Crippen LogP contribution is 2.38. The van der Waals surface area contributed by atoms with Crippen molar-refractivity contribution in [2.45, 2.75) is 19.0 Å². The SMILES string of the molecule is Cn1nc(C(F)(F)F)cc1C1=CCCC=C(NC(=O)c2c(F)cccc2F)S1. The normalized spacial score (nSPS) is 14.9. The summed E-state index contributed by atoms with van der Waals surface area (Å²) in [4.78, 5) is 12.7. The molecule has 1 N–H and O–H groups in total. The highest BCUT2D eigenvalue weighted by molar-refractivity contribution is 8.11. The summed E-state index contributed by atoms with van der Waals surface area (Å²) < 4.78 is 67.4. The van der Waals surface area contributed by atoms with Gasteiger partial charge in [0.15, 0.2) is 5.69 Å². The van der Waals surface area contributed by atoms with Gasteiger partial charge in [-0.25, -0.2) is 8.78 Å². The average Bonchev–Trinajstić information content (AvgIpc) is 2.85. The van der Waals surface area contributed by atoms with Gasteiger partial charge < -0.3 is 5.32 Å². The zero-order valence-corrected chi connectivity index (χ0v) is 15.3. The lowest BCUT2D eigenvalue weighted by Crippen LogP contribution is -2.23. The Labute approximate surface area is 161 Å². The van der Waals surface area contributed by atoms with E-state index in [1.54, 1.807) is 12.2 Å².